The average Bonchev–Trinajstić information content (AvgIpc) is 2.83. The van der Waals surface area contributed by atoms with E-state index in [1.807, 2.05) is 6.92 Å². The van der Waals surface area contributed by atoms with Crippen LogP contribution in [-0.2, 0) is 16.6 Å². The van der Waals surface area contributed by atoms with Gasteiger partial charge in [-0.2, -0.15) is 0 Å². The van der Waals surface area contributed by atoms with Crippen molar-refractivity contribution in [1.82, 2.24) is 9.46 Å². The second kappa shape index (κ2) is 5.74. The SMILES string of the molecule is Cc1cc(CNc2cc(S(=O)(=O)N(C)C)ccc2N)on1. The van der Waals surface area contributed by atoms with Crippen molar-refractivity contribution in [2.75, 3.05) is 25.1 Å². The zero-order valence-corrected chi connectivity index (χ0v) is 12.9. The molecule has 0 aliphatic rings. The fraction of sp³-hybridized carbons (Fsp3) is 0.308. The summed E-state index contributed by atoms with van der Waals surface area (Å²) in [4.78, 5) is 0.179. The van der Waals surface area contributed by atoms with Crippen LogP contribution in [0.5, 0.6) is 0 Å². The highest BCUT2D eigenvalue weighted by atomic mass is 32.2. The summed E-state index contributed by atoms with van der Waals surface area (Å²) in [6.45, 7) is 2.20. The number of hydrogen-bond acceptors (Lipinski definition) is 6. The second-order valence-corrected chi connectivity index (χ2v) is 6.98. The second-order valence-electron chi connectivity index (χ2n) is 4.82. The van der Waals surface area contributed by atoms with E-state index in [-0.39, 0.29) is 4.90 Å². The fourth-order valence-electron chi connectivity index (χ4n) is 1.74. The van der Waals surface area contributed by atoms with Crippen LogP contribution < -0.4 is 11.1 Å². The van der Waals surface area contributed by atoms with Crippen LogP contribution in [0.1, 0.15) is 11.5 Å². The first kappa shape index (κ1) is 15.3. The summed E-state index contributed by atoms with van der Waals surface area (Å²) in [6.07, 6.45) is 0. The van der Waals surface area contributed by atoms with Gasteiger partial charge in [0.2, 0.25) is 10.0 Å². The summed E-state index contributed by atoms with van der Waals surface area (Å²) in [5.41, 5.74) is 7.64. The van der Waals surface area contributed by atoms with Gasteiger partial charge in [0, 0.05) is 20.2 Å². The highest BCUT2D eigenvalue weighted by Crippen LogP contribution is 2.24. The number of rotatable bonds is 5. The Kier molecular flexibility index (Phi) is 4.19. The molecule has 0 amide bonds. The molecule has 0 saturated carbocycles. The molecule has 1 aromatic heterocycles. The molecule has 114 valence electrons. The van der Waals surface area contributed by atoms with Crippen LogP contribution in [0, 0.1) is 6.92 Å². The van der Waals surface area contributed by atoms with Crippen LogP contribution in [0.25, 0.3) is 0 Å². The summed E-state index contributed by atoms with van der Waals surface area (Å²) in [5, 5.41) is 6.83. The maximum Gasteiger partial charge on any atom is 0.242 e. The molecule has 0 bridgehead atoms. The van der Waals surface area contributed by atoms with Crippen molar-refractivity contribution in [3.63, 3.8) is 0 Å². The highest BCUT2D eigenvalue weighted by molar-refractivity contribution is 7.89. The predicted molar refractivity (Wildman–Crippen MR) is 80.3 cm³/mol. The van der Waals surface area contributed by atoms with Gasteiger partial charge in [-0.1, -0.05) is 5.16 Å². The molecule has 0 atom stereocenters. The van der Waals surface area contributed by atoms with E-state index >= 15 is 0 Å². The Labute approximate surface area is 123 Å². The Morgan fingerprint density at radius 1 is 1.33 bits per heavy atom. The first-order valence-electron chi connectivity index (χ1n) is 6.29. The topological polar surface area (TPSA) is 101 Å². The summed E-state index contributed by atoms with van der Waals surface area (Å²) >= 11 is 0. The minimum absolute atomic E-state index is 0.179. The summed E-state index contributed by atoms with van der Waals surface area (Å²) in [5.74, 6) is 0.646. The number of aromatic nitrogens is 1. The van der Waals surface area contributed by atoms with Crippen molar-refractivity contribution in [2.45, 2.75) is 18.4 Å². The fourth-order valence-corrected chi connectivity index (χ4v) is 2.67. The minimum Gasteiger partial charge on any atom is -0.397 e. The average molecular weight is 310 g/mol. The molecule has 0 saturated heterocycles. The Balaban J connectivity index is 2.24. The third kappa shape index (κ3) is 3.34. The van der Waals surface area contributed by atoms with Gasteiger partial charge in [0.05, 0.1) is 28.5 Å². The van der Waals surface area contributed by atoms with E-state index in [4.69, 9.17) is 10.3 Å². The molecule has 8 heteroatoms. The smallest absolute Gasteiger partial charge is 0.242 e. The van der Waals surface area contributed by atoms with Crippen LogP contribution in [0.15, 0.2) is 33.7 Å². The van der Waals surface area contributed by atoms with Crippen LogP contribution >= 0.6 is 0 Å². The summed E-state index contributed by atoms with van der Waals surface area (Å²) < 4.78 is 30.4. The molecule has 0 spiro atoms. The first-order valence-corrected chi connectivity index (χ1v) is 7.73. The van der Waals surface area contributed by atoms with Gasteiger partial charge in [-0.05, 0) is 25.1 Å². The molecule has 0 fully saturated rings. The Morgan fingerprint density at radius 3 is 2.62 bits per heavy atom. The van der Waals surface area contributed by atoms with Gasteiger partial charge in [0.15, 0.2) is 5.76 Å². The van der Waals surface area contributed by atoms with Crippen LogP contribution in [0.3, 0.4) is 0 Å². The van der Waals surface area contributed by atoms with Crippen LogP contribution in [0.2, 0.25) is 0 Å². The van der Waals surface area contributed by atoms with Crippen LogP contribution in [-0.4, -0.2) is 32.0 Å². The lowest BCUT2D eigenvalue weighted by Gasteiger charge is -2.14. The van der Waals surface area contributed by atoms with E-state index < -0.39 is 10.0 Å². The Bertz CT molecular complexity index is 738. The molecule has 0 aliphatic carbocycles. The van der Waals surface area contributed by atoms with Crippen molar-refractivity contribution in [2.24, 2.45) is 0 Å². The maximum absolute atomic E-state index is 12.1. The number of hydrogen-bond donors (Lipinski definition) is 2. The molecule has 3 N–H and O–H groups in total. The number of benzene rings is 1. The highest BCUT2D eigenvalue weighted by Gasteiger charge is 2.18. The van der Waals surface area contributed by atoms with Gasteiger partial charge in [-0.3, -0.25) is 0 Å². The monoisotopic (exact) mass is 310 g/mol. The lowest BCUT2D eigenvalue weighted by Crippen LogP contribution is -2.22. The number of nitrogens with zero attached hydrogens (tertiary/aromatic N) is 2. The van der Waals surface area contributed by atoms with E-state index in [0.717, 1.165) is 10.00 Å². The van der Waals surface area contributed by atoms with E-state index in [1.165, 1.54) is 26.2 Å². The van der Waals surface area contributed by atoms with Crippen molar-refractivity contribution >= 4 is 21.4 Å². The van der Waals surface area contributed by atoms with Gasteiger partial charge in [0.25, 0.3) is 0 Å². The zero-order valence-electron chi connectivity index (χ0n) is 12.1. The lowest BCUT2D eigenvalue weighted by atomic mass is 10.2. The summed E-state index contributed by atoms with van der Waals surface area (Å²) in [6, 6.07) is 6.34. The molecular weight excluding hydrogens is 292 g/mol. The van der Waals surface area contributed by atoms with Crippen molar-refractivity contribution in [3.8, 4) is 0 Å². The Morgan fingerprint density at radius 2 is 2.05 bits per heavy atom. The van der Waals surface area contributed by atoms with Crippen molar-refractivity contribution in [3.05, 3.63) is 35.7 Å². The van der Waals surface area contributed by atoms with Crippen molar-refractivity contribution in [1.29, 1.82) is 0 Å². The molecule has 1 heterocycles. The molecule has 0 unspecified atom stereocenters. The third-order valence-electron chi connectivity index (χ3n) is 2.93. The zero-order chi connectivity index (χ0) is 15.6. The van der Waals surface area contributed by atoms with Gasteiger partial charge in [-0.15, -0.1) is 0 Å². The molecule has 2 aromatic rings. The normalized spacial score (nSPS) is 11.8. The molecule has 1 aromatic carbocycles. The minimum atomic E-state index is -3.49. The molecule has 2 rings (SSSR count). The van der Waals surface area contributed by atoms with Crippen molar-refractivity contribution < 1.29 is 12.9 Å². The lowest BCUT2D eigenvalue weighted by molar-refractivity contribution is 0.384. The molecule has 0 aliphatic heterocycles. The van der Waals surface area contributed by atoms with E-state index in [0.29, 0.717) is 23.7 Å². The molecule has 7 nitrogen and oxygen atoms in total. The van der Waals surface area contributed by atoms with Gasteiger partial charge in [-0.25, -0.2) is 12.7 Å². The van der Waals surface area contributed by atoms with E-state index in [2.05, 4.69) is 10.5 Å². The molecule has 21 heavy (non-hydrogen) atoms. The molecule has 0 radical (unpaired) electrons. The number of sulfonamides is 1. The van der Waals surface area contributed by atoms with Gasteiger partial charge >= 0.3 is 0 Å². The van der Waals surface area contributed by atoms with Gasteiger partial charge in [0.1, 0.15) is 0 Å². The third-order valence-corrected chi connectivity index (χ3v) is 4.74. The number of nitrogens with one attached hydrogen (secondary N) is 1. The molecular formula is C13H18N4O3S. The number of nitrogen functional groups attached to an aromatic ring is 1. The number of aryl methyl sites for hydroxylation is 1. The van der Waals surface area contributed by atoms with E-state index in [9.17, 15) is 8.42 Å². The Hall–Kier alpha value is -2.06. The van der Waals surface area contributed by atoms with E-state index in [1.54, 1.807) is 12.1 Å². The van der Waals surface area contributed by atoms with Gasteiger partial charge < -0.3 is 15.6 Å². The number of nitrogens with two attached hydrogens (primary N) is 1. The maximum atomic E-state index is 12.1. The standard InChI is InChI=1S/C13H18N4O3S/c1-9-6-10(20-16-9)8-15-13-7-11(4-5-12(13)14)21(18,19)17(2)3/h4-7,15H,8,14H2,1-3H3. The quantitative estimate of drug-likeness (QED) is 0.810. The van der Waals surface area contributed by atoms with Crippen LogP contribution in [0.4, 0.5) is 11.4 Å². The largest absolute Gasteiger partial charge is 0.397 e. The number of anilines is 2. The first-order chi connectivity index (χ1) is 9.80. The predicted octanol–water partition coefficient (Wildman–Crippen LogP) is 1.43. The summed E-state index contributed by atoms with van der Waals surface area (Å²) in [7, 11) is -0.529.